The molecule has 0 radical (unpaired) electrons. The van der Waals surface area contributed by atoms with E-state index >= 15 is 0 Å². The van der Waals surface area contributed by atoms with Gasteiger partial charge in [0.05, 0.1) is 12.5 Å². The Kier molecular flexibility index (Phi) is 4.15. The molecular weight excluding hydrogens is 172 g/mol. The van der Waals surface area contributed by atoms with E-state index in [9.17, 15) is 0 Å². The Morgan fingerprint density at radius 2 is 1.93 bits per heavy atom. The van der Waals surface area contributed by atoms with Crippen LogP contribution in [0.15, 0.2) is 30.3 Å². The van der Waals surface area contributed by atoms with E-state index in [0.29, 0.717) is 12.5 Å². The predicted octanol–water partition coefficient (Wildman–Crippen LogP) is 2.64. The largest absolute Gasteiger partial charge is 0.307 e. The third-order valence-electron chi connectivity index (χ3n) is 2.23. The smallest absolute Gasteiger partial charge is 0.0638 e. The van der Waals surface area contributed by atoms with Crippen molar-refractivity contribution in [3.63, 3.8) is 0 Å². The van der Waals surface area contributed by atoms with Gasteiger partial charge in [-0.15, -0.1) is 0 Å². The van der Waals surface area contributed by atoms with Crippen molar-refractivity contribution in [2.75, 3.05) is 0 Å². The number of nitrogens with one attached hydrogen (secondary N) is 1. The number of hydrogen-bond donors (Lipinski definition) is 1. The lowest BCUT2D eigenvalue weighted by Crippen LogP contribution is -2.28. The SMILES string of the molecule is CC(CC#N)N[C@H](C)c1ccccc1. The van der Waals surface area contributed by atoms with Gasteiger partial charge in [0.25, 0.3) is 0 Å². The Morgan fingerprint density at radius 3 is 2.50 bits per heavy atom. The monoisotopic (exact) mass is 188 g/mol. The number of rotatable bonds is 4. The van der Waals surface area contributed by atoms with Crippen LogP contribution in [0.25, 0.3) is 0 Å². The molecule has 1 N–H and O–H groups in total. The van der Waals surface area contributed by atoms with E-state index in [2.05, 4.69) is 30.4 Å². The minimum Gasteiger partial charge on any atom is -0.307 e. The number of hydrogen-bond acceptors (Lipinski definition) is 2. The van der Waals surface area contributed by atoms with Crippen molar-refractivity contribution in [2.45, 2.75) is 32.4 Å². The van der Waals surface area contributed by atoms with E-state index in [0.717, 1.165) is 0 Å². The Morgan fingerprint density at radius 1 is 1.29 bits per heavy atom. The van der Waals surface area contributed by atoms with Crippen molar-refractivity contribution in [1.29, 1.82) is 5.26 Å². The fraction of sp³-hybridized carbons (Fsp3) is 0.417. The van der Waals surface area contributed by atoms with Gasteiger partial charge in [-0.05, 0) is 19.4 Å². The van der Waals surface area contributed by atoms with Crippen LogP contribution in [0.1, 0.15) is 31.9 Å². The summed E-state index contributed by atoms with van der Waals surface area (Å²) in [5.41, 5.74) is 1.26. The summed E-state index contributed by atoms with van der Waals surface area (Å²) >= 11 is 0. The van der Waals surface area contributed by atoms with Gasteiger partial charge in [0, 0.05) is 12.1 Å². The fourth-order valence-corrected chi connectivity index (χ4v) is 1.46. The van der Waals surface area contributed by atoms with Crippen LogP contribution in [0.2, 0.25) is 0 Å². The molecule has 0 aromatic heterocycles. The summed E-state index contributed by atoms with van der Waals surface area (Å²) in [5, 5.41) is 11.9. The maximum absolute atomic E-state index is 8.53. The Labute approximate surface area is 85.6 Å². The first-order valence-electron chi connectivity index (χ1n) is 4.92. The maximum Gasteiger partial charge on any atom is 0.0638 e. The topological polar surface area (TPSA) is 35.8 Å². The second kappa shape index (κ2) is 5.41. The van der Waals surface area contributed by atoms with Crippen molar-refractivity contribution in [3.05, 3.63) is 35.9 Å². The molecule has 2 atom stereocenters. The molecule has 0 saturated carbocycles. The molecule has 0 bridgehead atoms. The molecule has 0 aliphatic rings. The third kappa shape index (κ3) is 3.20. The van der Waals surface area contributed by atoms with Crippen LogP contribution >= 0.6 is 0 Å². The molecule has 1 aromatic carbocycles. The highest BCUT2D eigenvalue weighted by Gasteiger charge is 2.07. The summed E-state index contributed by atoms with van der Waals surface area (Å²) in [6.07, 6.45) is 0.553. The summed E-state index contributed by atoms with van der Waals surface area (Å²) < 4.78 is 0. The molecule has 0 aliphatic carbocycles. The zero-order valence-corrected chi connectivity index (χ0v) is 8.70. The third-order valence-corrected chi connectivity index (χ3v) is 2.23. The lowest BCUT2D eigenvalue weighted by atomic mass is 10.1. The quantitative estimate of drug-likeness (QED) is 0.788. The summed E-state index contributed by atoms with van der Waals surface area (Å²) in [4.78, 5) is 0. The zero-order chi connectivity index (χ0) is 10.4. The molecule has 1 rings (SSSR count). The van der Waals surface area contributed by atoms with Crippen molar-refractivity contribution < 1.29 is 0 Å². The lowest BCUT2D eigenvalue weighted by Gasteiger charge is -2.18. The van der Waals surface area contributed by atoms with E-state index in [1.165, 1.54) is 5.56 Å². The summed E-state index contributed by atoms with van der Waals surface area (Å²) in [5.74, 6) is 0. The standard InChI is InChI=1S/C12H16N2/c1-10(8-9-13)14-11(2)12-6-4-3-5-7-12/h3-7,10-11,14H,8H2,1-2H3/t10?,11-/m1/s1. The molecular formula is C12H16N2. The van der Waals surface area contributed by atoms with Gasteiger partial charge in [-0.3, -0.25) is 0 Å². The van der Waals surface area contributed by atoms with Gasteiger partial charge >= 0.3 is 0 Å². The van der Waals surface area contributed by atoms with E-state index in [1.807, 2.05) is 25.1 Å². The molecule has 74 valence electrons. The van der Waals surface area contributed by atoms with Crippen molar-refractivity contribution in [3.8, 4) is 6.07 Å². The zero-order valence-electron chi connectivity index (χ0n) is 8.70. The molecule has 0 heterocycles. The highest BCUT2D eigenvalue weighted by atomic mass is 14.9. The van der Waals surface area contributed by atoms with Gasteiger partial charge in [0.2, 0.25) is 0 Å². The first kappa shape index (κ1) is 10.7. The Balaban J connectivity index is 2.51. The van der Waals surface area contributed by atoms with Gasteiger partial charge in [-0.1, -0.05) is 30.3 Å². The summed E-state index contributed by atoms with van der Waals surface area (Å²) in [6.45, 7) is 4.14. The Bertz CT molecular complexity index is 300. The predicted molar refractivity (Wildman–Crippen MR) is 57.7 cm³/mol. The molecule has 2 heteroatoms. The van der Waals surface area contributed by atoms with Crippen molar-refractivity contribution >= 4 is 0 Å². The molecule has 0 fully saturated rings. The van der Waals surface area contributed by atoms with Gasteiger partial charge in [0.15, 0.2) is 0 Å². The molecule has 0 amide bonds. The van der Waals surface area contributed by atoms with Crippen LogP contribution in [-0.2, 0) is 0 Å². The van der Waals surface area contributed by atoms with Crippen LogP contribution in [0, 0.1) is 11.3 Å². The van der Waals surface area contributed by atoms with Gasteiger partial charge < -0.3 is 5.32 Å². The average Bonchev–Trinajstić information content (AvgIpc) is 2.19. The van der Waals surface area contributed by atoms with Crippen LogP contribution < -0.4 is 5.32 Å². The first-order chi connectivity index (χ1) is 6.74. The highest BCUT2D eigenvalue weighted by molar-refractivity contribution is 5.18. The molecule has 14 heavy (non-hydrogen) atoms. The molecule has 1 aromatic rings. The second-order valence-electron chi connectivity index (χ2n) is 3.56. The van der Waals surface area contributed by atoms with E-state index in [1.54, 1.807) is 0 Å². The minimum absolute atomic E-state index is 0.246. The Hall–Kier alpha value is -1.33. The summed E-state index contributed by atoms with van der Waals surface area (Å²) in [7, 11) is 0. The van der Waals surface area contributed by atoms with Crippen molar-refractivity contribution in [2.24, 2.45) is 0 Å². The van der Waals surface area contributed by atoms with E-state index < -0.39 is 0 Å². The molecule has 0 spiro atoms. The average molecular weight is 188 g/mol. The lowest BCUT2D eigenvalue weighted by molar-refractivity contribution is 0.485. The first-order valence-corrected chi connectivity index (χ1v) is 4.92. The summed E-state index contributed by atoms with van der Waals surface area (Å²) in [6, 6.07) is 13.0. The number of nitrogens with zero attached hydrogens (tertiary/aromatic N) is 1. The van der Waals surface area contributed by atoms with Crippen molar-refractivity contribution in [1.82, 2.24) is 5.32 Å². The maximum atomic E-state index is 8.53. The molecule has 0 aliphatic heterocycles. The normalized spacial score (nSPS) is 14.4. The van der Waals surface area contributed by atoms with Gasteiger partial charge in [0.1, 0.15) is 0 Å². The number of nitriles is 1. The van der Waals surface area contributed by atoms with Gasteiger partial charge in [-0.2, -0.15) is 5.26 Å². The highest BCUT2D eigenvalue weighted by Crippen LogP contribution is 2.12. The molecule has 0 saturated heterocycles. The fourth-order valence-electron chi connectivity index (χ4n) is 1.46. The van der Waals surface area contributed by atoms with Crippen LogP contribution in [0.4, 0.5) is 0 Å². The minimum atomic E-state index is 0.246. The van der Waals surface area contributed by atoms with Crippen LogP contribution in [-0.4, -0.2) is 6.04 Å². The van der Waals surface area contributed by atoms with E-state index in [4.69, 9.17) is 5.26 Å². The van der Waals surface area contributed by atoms with E-state index in [-0.39, 0.29) is 6.04 Å². The van der Waals surface area contributed by atoms with Crippen LogP contribution in [0.3, 0.4) is 0 Å². The molecule has 1 unspecified atom stereocenters. The molecule has 2 nitrogen and oxygen atoms in total. The second-order valence-corrected chi connectivity index (χ2v) is 3.56. The number of benzene rings is 1. The van der Waals surface area contributed by atoms with Gasteiger partial charge in [-0.25, -0.2) is 0 Å². The van der Waals surface area contributed by atoms with Crippen LogP contribution in [0.5, 0.6) is 0 Å².